The predicted octanol–water partition coefficient (Wildman–Crippen LogP) is 2.96. The summed E-state index contributed by atoms with van der Waals surface area (Å²) in [6.45, 7) is 0.445. The summed E-state index contributed by atoms with van der Waals surface area (Å²) < 4.78 is 37.4. The Morgan fingerprint density at radius 3 is 2.53 bits per heavy atom. The van der Waals surface area contributed by atoms with E-state index in [0.717, 1.165) is 6.07 Å². The Kier molecular flexibility index (Phi) is 3.03. The quantitative estimate of drug-likeness (QED) is 0.829. The average molecular weight is 264 g/mol. The molecule has 0 spiro atoms. The van der Waals surface area contributed by atoms with Gasteiger partial charge in [-0.25, -0.2) is 0 Å². The lowest BCUT2D eigenvalue weighted by molar-refractivity contribution is -0.137. The van der Waals surface area contributed by atoms with Crippen LogP contribution in [0.2, 0.25) is 5.02 Å². The number of carbonyl (C=O) groups excluding carboxylic acids is 1. The molecular formula is C11H9ClF3NO. The van der Waals surface area contributed by atoms with E-state index in [9.17, 15) is 18.0 Å². The highest BCUT2D eigenvalue weighted by Gasteiger charge is 2.33. The number of rotatable bonds is 1. The van der Waals surface area contributed by atoms with Crippen molar-refractivity contribution in [1.82, 2.24) is 5.32 Å². The van der Waals surface area contributed by atoms with E-state index in [1.807, 2.05) is 0 Å². The minimum atomic E-state index is -4.45. The first-order valence-electron chi connectivity index (χ1n) is 5.01. The molecule has 1 aliphatic rings. The molecule has 1 heterocycles. The normalized spacial score (nSPS) is 20.5. The number of nitrogens with one attached hydrogen (secondary N) is 1. The maximum atomic E-state index is 12.5. The van der Waals surface area contributed by atoms with Gasteiger partial charge in [0.2, 0.25) is 5.91 Å². The minimum Gasteiger partial charge on any atom is -0.355 e. The lowest BCUT2D eigenvalue weighted by atomic mass is 9.97. The largest absolute Gasteiger partial charge is 0.417 e. The van der Waals surface area contributed by atoms with E-state index in [1.54, 1.807) is 0 Å². The Hall–Kier alpha value is -1.23. The molecule has 1 amide bonds. The molecule has 1 saturated heterocycles. The van der Waals surface area contributed by atoms with Crippen molar-refractivity contribution in [1.29, 1.82) is 0 Å². The van der Waals surface area contributed by atoms with Gasteiger partial charge in [-0.15, -0.1) is 0 Å². The van der Waals surface area contributed by atoms with Gasteiger partial charge in [-0.05, 0) is 17.7 Å². The first-order chi connectivity index (χ1) is 7.88. The minimum absolute atomic E-state index is 0.0916. The summed E-state index contributed by atoms with van der Waals surface area (Å²) in [6.07, 6.45) is -4.15. The molecule has 0 aromatic heterocycles. The zero-order valence-electron chi connectivity index (χ0n) is 8.64. The van der Waals surface area contributed by atoms with Crippen molar-refractivity contribution < 1.29 is 18.0 Å². The lowest BCUT2D eigenvalue weighted by Crippen LogP contribution is -2.13. The molecule has 0 aliphatic carbocycles. The standard InChI is InChI=1S/C11H9ClF3NO/c12-9-3-6(7-4-10(17)16-5-7)1-2-8(9)11(13,14)15/h1-3,7H,4-5H2,(H,16,17). The molecule has 1 atom stereocenters. The van der Waals surface area contributed by atoms with Crippen molar-refractivity contribution in [2.24, 2.45) is 0 Å². The monoisotopic (exact) mass is 263 g/mol. The summed E-state index contributed by atoms with van der Waals surface area (Å²) >= 11 is 5.60. The number of halogens is 4. The van der Waals surface area contributed by atoms with Crippen LogP contribution in [-0.2, 0) is 11.0 Å². The molecule has 1 N–H and O–H groups in total. The molecule has 1 aromatic carbocycles. The van der Waals surface area contributed by atoms with E-state index < -0.39 is 11.7 Å². The van der Waals surface area contributed by atoms with Crippen molar-refractivity contribution in [3.8, 4) is 0 Å². The number of amides is 1. The second kappa shape index (κ2) is 4.22. The number of carbonyl (C=O) groups is 1. The van der Waals surface area contributed by atoms with E-state index in [0.29, 0.717) is 18.5 Å². The Labute approximate surface area is 101 Å². The third kappa shape index (κ3) is 2.54. The molecule has 17 heavy (non-hydrogen) atoms. The van der Waals surface area contributed by atoms with Crippen molar-refractivity contribution >= 4 is 17.5 Å². The molecule has 0 saturated carbocycles. The van der Waals surface area contributed by atoms with Crippen molar-refractivity contribution in [3.63, 3.8) is 0 Å². The average Bonchev–Trinajstić information content (AvgIpc) is 2.62. The van der Waals surface area contributed by atoms with E-state index in [4.69, 9.17) is 11.6 Å². The number of hydrogen-bond donors (Lipinski definition) is 1. The fraction of sp³-hybridized carbons (Fsp3) is 0.364. The second-order valence-corrected chi connectivity index (χ2v) is 4.35. The summed E-state index contributed by atoms with van der Waals surface area (Å²) in [6, 6.07) is 3.62. The van der Waals surface area contributed by atoms with Crippen LogP contribution in [-0.4, -0.2) is 12.5 Å². The summed E-state index contributed by atoms with van der Waals surface area (Å²) in [7, 11) is 0. The number of alkyl halides is 3. The van der Waals surface area contributed by atoms with Crippen molar-refractivity contribution in [2.75, 3.05) is 6.54 Å². The smallest absolute Gasteiger partial charge is 0.355 e. The zero-order valence-corrected chi connectivity index (χ0v) is 9.40. The molecule has 6 heteroatoms. The van der Waals surface area contributed by atoms with Crippen LogP contribution in [0, 0.1) is 0 Å². The predicted molar refractivity (Wildman–Crippen MR) is 56.8 cm³/mol. The van der Waals surface area contributed by atoms with E-state index in [1.165, 1.54) is 12.1 Å². The Morgan fingerprint density at radius 2 is 2.06 bits per heavy atom. The van der Waals surface area contributed by atoms with Crippen molar-refractivity contribution in [2.45, 2.75) is 18.5 Å². The van der Waals surface area contributed by atoms with Gasteiger partial charge in [0.1, 0.15) is 0 Å². The lowest BCUT2D eigenvalue weighted by Gasteiger charge is -2.12. The molecule has 1 aromatic rings. The maximum Gasteiger partial charge on any atom is 0.417 e. The topological polar surface area (TPSA) is 29.1 Å². The van der Waals surface area contributed by atoms with Gasteiger partial charge in [-0.2, -0.15) is 13.2 Å². The van der Waals surface area contributed by atoms with Gasteiger partial charge in [0, 0.05) is 18.9 Å². The molecule has 92 valence electrons. The van der Waals surface area contributed by atoms with E-state index >= 15 is 0 Å². The number of benzene rings is 1. The summed E-state index contributed by atoms with van der Waals surface area (Å²) in [4.78, 5) is 11.0. The van der Waals surface area contributed by atoms with E-state index in [2.05, 4.69) is 5.32 Å². The fourth-order valence-electron chi connectivity index (χ4n) is 1.86. The first-order valence-corrected chi connectivity index (χ1v) is 5.39. The Balaban J connectivity index is 2.28. The van der Waals surface area contributed by atoms with Gasteiger partial charge in [-0.1, -0.05) is 17.7 Å². The highest BCUT2D eigenvalue weighted by molar-refractivity contribution is 6.31. The molecule has 1 aliphatic heterocycles. The molecular weight excluding hydrogens is 255 g/mol. The van der Waals surface area contributed by atoms with Crippen LogP contribution in [0.3, 0.4) is 0 Å². The molecule has 0 radical (unpaired) electrons. The molecule has 1 unspecified atom stereocenters. The molecule has 2 nitrogen and oxygen atoms in total. The third-order valence-electron chi connectivity index (χ3n) is 2.75. The van der Waals surface area contributed by atoms with Crippen LogP contribution in [0.4, 0.5) is 13.2 Å². The highest BCUT2D eigenvalue weighted by atomic mass is 35.5. The van der Waals surface area contributed by atoms with Gasteiger partial charge in [-0.3, -0.25) is 4.79 Å². The molecule has 0 bridgehead atoms. The Morgan fingerprint density at radius 1 is 1.35 bits per heavy atom. The summed E-state index contributed by atoms with van der Waals surface area (Å²) in [5, 5.41) is 2.30. The van der Waals surface area contributed by atoms with Gasteiger partial charge < -0.3 is 5.32 Å². The second-order valence-electron chi connectivity index (χ2n) is 3.94. The van der Waals surface area contributed by atoms with Gasteiger partial charge in [0.25, 0.3) is 0 Å². The van der Waals surface area contributed by atoms with Gasteiger partial charge in [0.05, 0.1) is 10.6 Å². The van der Waals surface area contributed by atoms with Crippen LogP contribution in [0.1, 0.15) is 23.5 Å². The summed E-state index contributed by atoms with van der Waals surface area (Å²) in [5.74, 6) is -0.187. The third-order valence-corrected chi connectivity index (χ3v) is 3.06. The molecule has 1 fully saturated rings. The Bertz CT molecular complexity index is 459. The van der Waals surface area contributed by atoms with Crippen LogP contribution in [0.25, 0.3) is 0 Å². The number of hydrogen-bond acceptors (Lipinski definition) is 1. The molecule has 2 rings (SSSR count). The highest BCUT2D eigenvalue weighted by Crippen LogP contribution is 2.36. The van der Waals surface area contributed by atoms with Crippen LogP contribution in [0.15, 0.2) is 18.2 Å². The fourth-order valence-corrected chi connectivity index (χ4v) is 2.15. The summed E-state index contributed by atoms with van der Waals surface area (Å²) in [5.41, 5.74) is -0.193. The van der Waals surface area contributed by atoms with Crippen LogP contribution < -0.4 is 5.32 Å². The first kappa shape index (κ1) is 12.2. The SMILES string of the molecule is O=C1CC(c2ccc(C(F)(F)F)c(Cl)c2)CN1. The van der Waals surface area contributed by atoms with Gasteiger partial charge in [0.15, 0.2) is 0 Å². The zero-order chi connectivity index (χ0) is 12.6. The van der Waals surface area contributed by atoms with Crippen LogP contribution in [0.5, 0.6) is 0 Å². The van der Waals surface area contributed by atoms with Crippen LogP contribution >= 0.6 is 11.6 Å². The maximum absolute atomic E-state index is 12.5. The van der Waals surface area contributed by atoms with Crippen molar-refractivity contribution in [3.05, 3.63) is 34.3 Å². The van der Waals surface area contributed by atoms with Gasteiger partial charge >= 0.3 is 6.18 Å². The van der Waals surface area contributed by atoms with E-state index in [-0.39, 0.29) is 16.8 Å².